The maximum atomic E-state index is 11.9. The molecule has 0 fully saturated rings. The van der Waals surface area contributed by atoms with Crippen molar-refractivity contribution in [3.63, 3.8) is 0 Å². The summed E-state index contributed by atoms with van der Waals surface area (Å²) in [6.45, 7) is 0.612. The number of amides is 1. The number of aromatic nitrogens is 2. The number of carbonyl (C=O) groups is 1. The van der Waals surface area contributed by atoms with Gasteiger partial charge in [-0.2, -0.15) is 5.10 Å². The fourth-order valence-electron chi connectivity index (χ4n) is 2.05. The van der Waals surface area contributed by atoms with Crippen LogP contribution in [0.3, 0.4) is 0 Å². The fraction of sp³-hybridized carbons (Fsp3) is 0.118. The average Bonchev–Trinajstić information content (AvgIpc) is 3.28. The molecule has 3 rings (SSSR count). The van der Waals surface area contributed by atoms with E-state index in [-0.39, 0.29) is 11.5 Å². The number of nitrogens with zero attached hydrogens (tertiary/aromatic N) is 2. The lowest BCUT2D eigenvalue weighted by Crippen LogP contribution is -2.31. The third kappa shape index (κ3) is 4.08. The third-order valence-electron chi connectivity index (χ3n) is 3.21. The van der Waals surface area contributed by atoms with Gasteiger partial charge in [0.1, 0.15) is 11.5 Å². The van der Waals surface area contributed by atoms with E-state index in [0.717, 1.165) is 10.6 Å². The Morgan fingerprint density at radius 3 is 2.96 bits per heavy atom. The first-order valence-electron chi connectivity index (χ1n) is 7.34. The highest BCUT2D eigenvalue weighted by Gasteiger charge is 2.04. The quantitative estimate of drug-likeness (QED) is 0.699. The Labute approximate surface area is 142 Å². The van der Waals surface area contributed by atoms with Crippen LogP contribution in [-0.2, 0) is 11.3 Å². The van der Waals surface area contributed by atoms with Crippen molar-refractivity contribution in [3.05, 3.63) is 70.2 Å². The van der Waals surface area contributed by atoms with Gasteiger partial charge in [-0.15, -0.1) is 11.3 Å². The van der Waals surface area contributed by atoms with E-state index < -0.39 is 0 Å². The zero-order valence-electron chi connectivity index (χ0n) is 12.7. The van der Waals surface area contributed by atoms with Crippen LogP contribution in [0.2, 0.25) is 0 Å². The van der Waals surface area contributed by atoms with Gasteiger partial charge in [0.15, 0.2) is 0 Å². The van der Waals surface area contributed by atoms with E-state index in [4.69, 9.17) is 4.42 Å². The summed E-state index contributed by atoms with van der Waals surface area (Å²) in [6.07, 6.45) is 4.50. The molecule has 0 aliphatic rings. The largest absolute Gasteiger partial charge is 0.465 e. The smallest absolute Gasteiger partial charge is 0.266 e. The van der Waals surface area contributed by atoms with Crippen molar-refractivity contribution in [1.29, 1.82) is 0 Å². The number of rotatable bonds is 6. The van der Waals surface area contributed by atoms with Crippen molar-refractivity contribution in [2.75, 3.05) is 6.54 Å². The van der Waals surface area contributed by atoms with Crippen LogP contribution >= 0.6 is 11.3 Å². The first-order chi connectivity index (χ1) is 11.7. The highest BCUT2D eigenvalue weighted by molar-refractivity contribution is 7.13. The molecule has 1 amide bonds. The second-order valence-electron chi connectivity index (χ2n) is 4.90. The van der Waals surface area contributed by atoms with Gasteiger partial charge in [0.05, 0.1) is 17.7 Å². The Morgan fingerprint density at radius 1 is 1.29 bits per heavy atom. The van der Waals surface area contributed by atoms with E-state index in [9.17, 15) is 9.59 Å². The molecule has 0 bridgehead atoms. The van der Waals surface area contributed by atoms with Gasteiger partial charge < -0.3 is 9.73 Å². The fourth-order valence-corrected chi connectivity index (χ4v) is 2.74. The molecule has 6 nitrogen and oxygen atoms in total. The van der Waals surface area contributed by atoms with E-state index in [2.05, 4.69) is 10.4 Å². The maximum absolute atomic E-state index is 11.9. The number of thiophene rings is 1. The van der Waals surface area contributed by atoms with E-state index >= 15 is 0 Å². The molecular formula is C17H15N3O3S. The van der Waals surface area contributed by atoms with Crippen LogP contribution in [0.25, 0.3) is 16.6 Å². The molecule has 0 spiro atoms. The van der Waals surface area contributed by atoms with Crippen molar-refractivity contribution >= 4 is 23.3 Å². The molecule has 122 valence electrons. The zero-order valence-corrected chi connectivity index (χ0v) is 13.5. The predicted molar refractivity (Wildman–Crippen MR) is 92.6 cm³/mol. The summed E-state index contributed by atoms with van der Waals surface area (Å²) in [6, 6.07) is 10.6. The van der Waals surface area contributed by atoms with E-state index in [1.54, 1.807) is 35.6 Å². The summed E-state index contributed by atoms with van der Waals surface area (Å²) in [5, 5.41) is 9.00. The lowest BCUT2D eigenvalue weighted by atomic mass is 10.3. The minimum atomic E-state index is -0.256. The van der Waals surface area contributed by atoms with Gasteiger partial charge in [-0.1, -0.05) is 6.07 Å². The number of hydrogen-bond acceptors (Lipinski definition) is 5. The molecule has 7 heteroatoms. The summed E-state index contributed by atoms with van der Waals surface area (Å²) >= 11 is 1.56. The van der Waals surface area contributed by atoms with Gasteiger partial charge in [-0.05, 0) is 35.7 Å². The van der Waals surface area contributed by atoms with Crippen molar-refractivity contribution < 1.29 is 9.21 Å². The standard InChI is InChI=1S/C17H15N3O3S/c21-16(7-5-13-3-1-11-23-13)18-9-10-20-17(22)8-6-14(19-20)15-4-2-12-24-15/h1-8,11-12H,9-10H2,(H,18,21)/b7-5+. The third-order valence-corrected chi connectivity index (χ3v) is 4.10. The molecule has 0 aliphatic carbocycles. The number of nitrogens with one attached hydrogen (secondary N) is 1. The second-order valence-corrected chi connectivity index (χ2v) is 5.84. The Bertz CT molecular complexity index is 880. The number of carbonyl (C=O) groups excluding carboxylic acids is 1. The molecule has 3 aromatic rings. The van der Waals surface area contributed by atoms with Crippen LogP contribution < -0.4 is 10.9 Å². The molecule has 0 aliphatic heterocycles. The molecule has 1 N–H and O–H groups in total. The average molecular weight is 341 g/mol. The normalized spacial score (nSPS) is 11.0. The molecule has 3 aromatic heterocycles. The Balaban J connectivity index is 1.57. The van der Waals surface area contributed by atoms with Gasteiger partial charge >= 0.3 is 0 Å². The topological polar surface area (TPSA) is 77.1 Å². The predicted octanol–water partition coefficient (Wildman–Crippen LogP) is 2.39. The van der Waals surface area contributed by atoms with Crippen LogP contribution in [0.5, 0.6) is 0 Å². The van der Waals surface area contributed by atoms with Crippen LogP contribution in [-0.4, -0.2) is 22.2 Å². The van der Waals surface area contributed by atoms with E-state index in [1.165, 1.54) is 23.1 Å². The zero-order chi connectivity index (χ0) is 16.8. The van der Waals surface area contributed by atoms with Crippen molar-refractivity contribution in [2.45, 2.75) is 6.54 Å². The lowest BCUT2D eigenvalue weighted by molar-refractivity contribution is -0.116. The summed E-state index contributed by atoms with van der Waals surface area (Å²) < 4.78 is 6.45. The van der Waals surface area contributed by atoms with Gasteiger partial charge in [-0.25, -0.2) is 4.68 Å². The van der Waals surface area contributed by atoms with Crippen molar-refractivity contribution in [2.24, 2.45) is 0 Å². The Hall–Kier alpha value is -2.93. The van der Waals surface area contributed by atoms with E-state index in [0.29, 0.717) is 18.8 Å². The molecule has 0 saturated carbocycles. The van der Waals surface area contributed by atoms with Gasteiger partial charge in [0.2, 0.25) is 5.91 Å². The van der Waals surface area contributed by atoms with Crippen LogP contribution in [0.4, 0.5) is 0 Å². The van der Waals surface area contributed by atoms with Gasteiger partial charge in [0, 0.05) is 18.7 Å². The highest BCUT2D eigenvalue weighted by atomic mass is 32.1. The summed E-state index contributed by atoms with van der Waals surface area (Å²) in [7, 11) is 0. The molecule has 0 atom stereocenters. The molecular weight excluding hydrogens is 326 g/mol. The first-order valence-corrected chi connectivity index (χ1v) is 8.22. The minimum Gasteiger partial charge on any atom is -0.465 e. The monoisotopic (exact) mass is 341 g/mol. The Kier molecular flexibility index (Phi) is 5.02. The van der Waals surface area contributed by atoms with Crippen molar-refractivity contribution in [1.82, 2.24) is 15.1 Å². The summed E-state index contributed by atoms with van der Waals surface area (Å²) in [5.41, 5.74) is 0.546. The number of hydrogen-bond donors (Lipinski definition) is 1. The second kappa shape index (κ2) is 7.56. The summed E-state index contributed by atoms with van der Waals surface area (Å²) in [4.78, 5) is 24.6. The highest BCUT2D eigenvalue weighted by Crippen LogP contribution is 2.20. The van der Waals surface area contributed by atoms with Gasteiger partial charge in [-0.3, -0.25) is 9.59 Å². The molecule has 3 heterocycles. The van der Waals surface area contributed by atoms with Crippen LogP contribution in [0, 0.1) is 0 Å². The Morgan fingerprint density at radius 2 is 2.21 bits per heavy atom. The summed E-state index contributed by atoms with van der Waals surface area (Å²) in [5.74, 6) is 0.348. The minimum absolute atomic E-state index is 0.198. The first kappa shape index (κ1) is 15.9. The lowest BCUT2D eigenvalue weighted by Gasteiger charge is -2.06. The SMILES string of the molecule is O=C(/C=C/c1ccco1)NCCn1nc(-c2cccs2)ccc1=O. The molecule has 0 radical (unpaired) electrons. The molecule has 0 aromatic carbocycles. The molecule has 0 unspecified atom stereocenters. The number of furan rings is 1. The van der Waals surface area contributed by atoms with Crippen LogP contribution in [0.1, 0.15) is 5.76 Å². The van der Waals surface area contributed by atoms with Crippen molar-refractivity contribution in [3.8, 4) is 10.6 Å². The van der Waals surface area contributed by atoms with Crippen LogP contribution in [0.15, 0.2) is 63.3 Å². The van der Waals surface area contributed by atoms with Gasteiger partial charge in [0.25, 0.3) is 5.56 Å². The maximum Gasteiger partial charge on any atom is 0.266 e. The molecule has 24 heavy (non-hydrogen) atoms. The van der Waals surface area contributed by atoms with E-state index in [1.807, 2.05) is 17.5 Å². The molecule has 0 saturated heterocycles.